The van der Waals surface area contributed by atoms with Crippen LogP contribution in [0.3, 0.4) is 0 Å². The van der Waals surface area contributed by atoms with Crippen molar-refractivity contribution in [3.63, 3.8) is 0 Å². The van der Waals surface area contributed by atoms with E-state index in [4.69, 9.17) is 5.11 Å². The Morgan fingerprint density at radius 3 is 2.58 bits per heavy atom. The van der Waals surface area contributed by atoms with Crippen LogP contribution in [0.5, 0.6) is 0 Å². The van der Waals surface area contributed by atoms with Gasteiger partial charge < -0.3 is 10.4 Å². The number of hydrogen-bond acceptors (Lipinski definition) is 3. The third-order valence-corrected chi connectivity index (χ3v) is 4.70. The number of aliphatic hydroxyl groups excluding tert-OH is 1. The summed E-state index contributed by atoms with van der Waals surface area (Å²) in [5, 5.41) is 11.9. The highest BCUT2D eigenvalue weighted by molar-refractivity contribution is 9.10. The number of hydrogen-bond donors (Lipinski definition) is 2. The van der Waals surface area contributed by atoms with E-state index in [1.165, 1.54) is 11.8 Å². The number of carbonyl (C=O) groups excluding carboxylic acids is 1. The van der Waals surface area contributed by atoms with Crippen molar-refractivity contribution in [1.29, 1.82) is 0 Å². The average molecular weight is 346 g/mol. The Labute approximate surface area is 127 Å². The molecule has 0 bridgehead atoms. The topological polar surface area (TPSA) is 49.3 Å². The quantitative estimate of drug-likeness (QED) is 0.806. The van der Waals surface area contributed by atoms with Crippen LogP contribution in [-0.2, 0) is 4.79 Å². The highest BCUT2D eigenvalue weighted by Crippen LogP contribution is 2.28. The summed E-state index contributed by atoms with van der Waals surface area (Å²) < 4.78 is 1.08. The molecule has 19 heavy (non-hydrogen) atoms. The zero-order valence-corrected chi connectivity index (χ0v) is 14.1. The number of aliphatic hydroxyl groups is 1. The van der Waals surface area contributed by atoms with Crippen molar-refractivity contribution in [2.45, 2.75) is 38.1 Å². The van der Waals surface area contributed by atoms with Gasteiger partial charge >= 0.3 is 0 Å². The van der Waals surface area contributed by atoms with E-state index in [0.717, 1.165) is 20.5 Å². The highest BCUT2D eigenvalue weighted by atomic mass is 79.9. The van der Waals surface area contributed by atoms with Gasteiger partial charge in [-0.3, -0.25) is 4.79 Å². The molecule has 0 radical (unpaired) electrons. The molecule has 106 valence electrons. The van der Waals surface area contributed by atoms with Gasteiger partial charge in [0.2, 0.25) is 5.91 Å². The van der Waals surface area contributed by atoms with Gasteiger partial charge in [-0.15, -0.1) is 11.8 Å². The molecule has 0 atom stereocenters. The molecule has 1 aromatic rings. The molecule has 1 aromatic carbocycles. The summed E-state index contributed by atoms with van der Waals surface area (Å²) in [6, 6.07) is 4.14. The lowest BCUT2D eigenvalue weighted by Crippen LogP contribution is -2.47. The van der Waals surface area contributed by atoms with Gasteiger partial charge in [-0.1, -0.05) is 15.9 Å². The number of amides is 1. The number of rotatable bonds is 5. The first-order chi connectivity index (χ1) is 8.75. The number of thioether (sulfide) groups is 1. The molecule has 0 aromatic heterocycles. The van der Waals surface area contributed by atoms with Crippen LogP contribution in [0, 0.1) is 13.8 Å². The van der Waals surface area contributed by atoms with E-state index in [1.54, 1.807) is 13.8 Å². The van der Waals surface area contributed by atoms with E-state index >= 15 is 0 Å². The third kappa shape index (κ3) is 5.16. The monoisotopic (exact) mass is 345 g/mol. The maximum absolute atomic E-state index is 11.8. The number of aryl methyl sites for hydroxylation is 2. The molecule has 1 rings (SSSR count). The summed E-state index contributed by atoms with van der Waals surface area (Å²) in [6.45, 7) is 7.58. The molecule has 0 heterocycles. The molecule has 0 fully saturated rings. The maximum atomic E-state index is 11.8. The summed E-state index contributed by atoms with van der Waals surface area (Å²) >= 11 is 5.01. The molecule has 1 amide bonds. The van der Waals surface area contributed by atoms with E-state index in [0.29, 0.717) is 5.75 Å². The highest BCUT2D eigenvalue weighted by Gasteiger charge is 2.19. The molecule has 0 saturated heterocycles. The van der Waals surface area contributed by atoms with E-state index in [-0.39, 0.29) is 12.5 Å². The Hall–Kier alpha value is -0.520. The minimum atomic E-state index is -0.567. The third-order valence-electron chi connectivity index (χ3n) is 2.69. The van der Waals surface area contributed by atoms with E-state index in [9.17, 15) is 4.79 Å². The van der Waals surface area contributed by atoms with Gasteiger partial charge in [0.15, 0.2) is 0 Å². The van der Waals surface area contributed by atoms with Crippen molar-refractivity contribution < 1.29 is 9.90 Å². The Kier molecular flexibility index (Phi) is 5.89. The molecule has 0 saturated carbocycles. The minimum absolute atomic E-state index is 0.0657. The first kappa shape index (κ1) is 16.5. The number of benzene rings is 1. The lowest BCUT2D eigenvalue weighted by molar-refractivity contribution is -0.120. The fraction of sp³-hybridized carbons (Fsp3) is 0.500. The van der Waals surface area contributed by atoms with Gasteiger partial charge in [-0.25, -0.2) is 0 Å². The molecule has 0 aliphatic rings. The Balaban J connectivity index is 2.63. The van der Waals surface area contributed by atoms with Gasteiger partial charge in [0.1, 0.15) is 0 Å². The normalized spacial score (nSPS) is 11.5. The molecule has 3 nitrogen and oxygen atoms in total. The van der Waals surface area contributed by atoms with E-state index in [2.05, 4.69) is 33.4 Å². The predicted molar refractivity (Wildman–Crippen MR) is 83.6 cm³/mol. The van der Waals surface area contributed by atoms with Crippen molar-refractivity contribution in [3.8, 4) is 0 Å². The first-order valence-electron chi connectivity index (χ1n) is 6.06. The van der Waals surface area contributed by atoms with Crippen LogP contribution in [-0.4, -0.2) is 28.9 Å². The van der Waals surface area contributed by atoms with Gasteiger partial charge in [-0.2, -0.15) is 0 Å². The fourth-order valence-electron chi connectivity index (χ4n) is 1.51. The molecular formula is C14H20BrNO2S. The Bertz CT molecular complexity index is 475. The molecule has 0 aliphatic carbocycles. The Morgan fingerprint density at radius 1 is 1.37 bits per heavy atom. The summed E-state index contributed by atoms with van der Waals surface area (Å²) in [4.78, 5) is 12.9. The van der Waals surface area contributed by atoms with Crippen LogP contribution >= 0.6 is 27.7 Å². The zero-order valence-electron chi connectivity index (χ0n) is 11.7. The zero-order chi connectivity index (χ0) is 14.6. The van der Waals surface area contributed by atoms with Crippen molar-refractivity contribution in [2.75, 3.05) is 12.4 Å². The number of carbonyl (C=O) groups is 1. The standard InChI is InChI=1S/C14H20BrNO2S/c1-9-6-12(10(2)5-11(9)15)19-7-13(18)16-14(3,4)8-17/h5-6,17H,7-8H2,1-4H3,(H,16,18). The molecule has 2 N–H and O–H groups in total. The molecular weight excluding hydrogens is 326 g/mol. The largest absolute Gasteiger partial charge is 0.394 e. The van der Waals surface area contributed by atoms with Crippen LogP contribution in [0.4, 0.5) is 0 Å². The average Bonchev–Trinajstić information content (AvgIpc) is 2.31. The minimum Gasteiger partial charge on any atom is -0.394 e. The van der Waals surface area contributed by atoms with Gasteiger partial charge in [0, 0.05) is 9.37 Å². The summed E-state index contributed by atoms with van der Waals surface area (Å²) in [6.07, 6.45) is 0. The second-order valence-electron chi connectivity index (χ2n) is 5.25. The molecule has 0 spiro atoms. The Morgan fingerprint density at radius 2 is 2.00 bits per heavy atom. The van der Waals surface area contributed by atoms with Gasteiger partial charge in [0.25, 0.3) is 0 Å². The van der Waals surface area contributed by atoms with E-state index < -0.39 is 5.54 Å². The van der Waals surface area contributed by atoms with Crippen LogP contribution in [0.25, 0.3) is 0 Å². The molecule has 0 unspecified atom stereocenters. The second kappa shape index (κ2) is 6.77. The summed E-state index contributed by atoms with van der Waals surface area (Å²) in [5.41, 5.74) is 1.74. The predicted octanol–water partition coefficient (Wildman–Crippen LogP) is 3.05. The van der Waals surface area contributed by atoms with Crippen LogP contribution in [0.2, 0.25) is 0 Å². The van der Waals surface area contributed by atoms with Crippen molar-refractivity contribution in [2.24, 2.45) is 0 Å². The lowest BCUT2D eigenvalue weighted by Gasteiger charge is -2.23. The SMILES string of the molecule is Cc1cc(SCC(=O)NC(C)(C)CO)c(C)cc1Br. The van der Waals surface area contributed by atoms with Gasteiger partial charge in [-0.05, 0) is 51.0 Å². The lowest BCUT2D eigenvalue weighted by atomic mass is 10.1. The maximum Gasteiger partial charge on any atom is 0.230 e. The second-order valence-corrected chi connectivity index (χ2v) is 7.12. The molecule has 5 heteroatoms. The van der Waals surface area contributed by atoms with Crippen LogP contribution in [0.1, 0.15) is 25.0 Å². The number of halogens is 1. The summed E-state index contributed by atoms with van der Waals surface area (Å²) in [7, 11) is 0. The van der Waals surface area contributed by atoms with Crippen molar-refractivity contribution in [3.05, 3.63) is 27.7 Å². The van der Waals surface area contributed by atoms with Crippen molar-refractivity contribution in [1.82, 2.24) is 5.32 Å². The van der Waals surface area contributed by atoms with Crippen LogP contribution < -0.4 is 5.32 Å². The van der Waals surface area contributed by atoms with Crippen molar-refractivity contribution >= 4 is 33.6 Å². The van der Waals surface area contributed by atoms with Gasteiger partial charge in [0.05, 0.1) is 17.9 Å². The summed E-state index contributed by atoms with van der Waals surface area (Å²) in [5.74, 6) is 0.287. The van der Waals surface area contributed by atoms with E-state index in [1.807, 2.05) is 13.8 Å². The fourth-order valence-corrected chi connectivity index (χ4v) is 2.87. The smallest absolute Gasteiger partial charge is 0.230 e. The van der Waals surface area contributed by atoms with Crippen LogP contribution in [0.15, 0.2) is 21.5 Å². The molecule has 0 aliphatic heterocycles. The first-order valence-corrected chi connectivity index (χ1v) is 7.84. The number of nitrogens with one attached hydrogen (secondary N) is 1.